The summed E-state index contributed by atoms with van der Waals surface area (Å²) >= 11 is 0. The first-order chi connectivity index (χ1) is 37.3. The fraction of sp³-hybridized carbons (Fsp3) is 0.845. The quantitative estimate of drug-likeness (QED) is 0.0291. The molecule has 0 aromatic rings. The van der Waals surface area contributed by atoms with Crippen LogP contribution in [-0.4, -0.2) is 193 Å². The number of aliphatic hydroxyl groups excluding tert-OH is 11. The van der Waals surface area contributed by atoms with Gasteiger partial charge >= 0.3 is 0 Å². The van der Waals surface area contributed by atoms with Gasteiger partial charge in [0.1, 0.15) is 73.2 Å². The number of amides is 1. The Hall–Kier alpha value is -2.25. The first-order valence-corrected chi connectivity index (χ1v) is 29.4. The molecule has 3 aliphatic heterocycles. The van der Waals surface area contributed by atoms with E-state index in [-0.39, 0.29) is 18.9 Å². The Bertz CT molecular complexity index is 1600. The van der Waals surface area contributed by atoms with Crippen molar-refractivity contribution in [2.24, 2.45) is 0 Å². The van der Waals surface area contributed by atoms with E-state index in [0.29, 0.717) is 12.8 Å². The second-order valence-electron chi connectivity index (χ2n) is 21.1. The molecule has 0 aromatic heterocycles. The van der Waals surface area contributed by atoms with E-state index in [2.05, 4.69) is 55.6 Å². The average Bonchev–Trinajstić information content (AvgIpc) is 3.42. The molecule has 19 heteroatoms. The molecule has 17 unspecified atom stereocenters. The molecule has 0 spiro atoms. The number of carbonyl (C=O) groups is 1. The topological polar surface area (TPSA) is 307 Å². The Morgan fingerprint density at radius 1 is 0.455 bits per heavy atom. The van der Waals surface area contributed by atoms with Crippen molar-refractivity contribution < 1.29 is 89.4 Å². The van der Waals surface area contributed by atoms with E-state index in [1.165, 1.54) is 83.5 Å². The lowest BCUT2D eigenvalue weighted by atomic mass is 9.96. The van der Waals surface area contributed by atoms with Gasteiger partial charge in [-0.05, 0) is 64.2 Å². The Morgan fingerprint density at radius 2 is 0.857 bits per heavy atom. The van der Waals surface area contributed by atoms with E-state index < -0.39 is 124 Å². The van der Waals surface area contributed by atoms with Crippen LogP contribution in [0.5, 0.6) is 0 Å². The molecule has 3 saturated heterocycles. The number of allylic oxidation sites excluding steroid dienone is 7. The Labute approximate surface area is 459 Å². The molecule has 77 heavy (non-hydrogen) atoms. The minimum Gasteiger partial charge on any atom is -0.394 e. The van der Waals surface area contributed by atoms with Crippen molar-refractivity contribution in [2.75, 3.05) is 26.4 Å². The number of hydrogen-bond acceptors (Lipinski definition) is 18. The van der Waals surface area contributed by atoms with Crippen LogP contribution in [0.3, 0.4) is 0 Å². The van der Waals surface area contributed by atoms with Crippen LogP contribution in [-0.2, 0) is 33.2 Å². The highest BCUT2D eigenvalue weighted by Gasteiger charge is 2.53. The molecule has 17 atom stereocenters. The summed E-state index contributed by atoms with van der Waals surface area (Å²) in [4.78, 5) is 13.3. The maximum atomic E-state index is 13.3. The first kappa shape index (κ1) is 69.0. The molecule has 1 amide bonds. The lowest BCUT2D eigenvalue weighted by Crippen LogP contribution is -2.66. The molecular weight excluding hydrogens is 999 g/mol. The summed E-state index contributed by atoms with van der Waals surface area (Å²) in [5.41, 5.74) is 0. The van der Waals surface area contributed by atoms with E-state index in [4.69, 9.17) is 28.4 Å². The van der Waals surface area contributed by atoms with Gasteiger partial charge in [-0.25, -0.2) is 0 Å². The fourth-order valence-electron chi connectivity index (χ4n) is 9.69. The number of carbonyl (C=O) groups excluding carboxylic acids is 1. The molecule has 19 nitrogen and oxygen atoms in total. The molecule has 3 rings (SSSR count). The van der Waals surface area contributed by atoms with Crippen LogP contribution in [0, 0.1) is 0 Å². The summed E-state index contributed by atoms with van der Waals surface area (Å²) < 4.78 is 34.1. The molecule has 0 radical (unpaired) electrons. The Kier molecular flexibility index (Phi) is 37.4. The summed E-state index contributed by atoms with van der Waals surface area (Å²) in [6, 6.07) is -0.995. The minimum atomic E-state index is -1.98. The van der Waals surface area contributed by atoms with E-state index >= 15 is 0 Å². The molecule has 12 N–H and O–H groups in total. The Morgan fingerprint density at radius 3 is 1.35 bits per heavy atom. The van der Waals surface area contributed by atoms with E-state index in [9.17, 15) is 61.0 Å². The zero-order chi connectivity index (χ0) is 56.2. The number of unbranched alkanes of at least 4 members (excludes halogenated alkanes) is 20. The van der Waals surface area contributed by atoms with Crippen molar-refractivity contribution in [3.05, 3.63) is 48.6 Å². The van der Waals surface area contributed by atoms with Crippen LogP contribution in [0.4, 0.5) is 0 Å². The van der Waals surface area contributed by atoms with Crippen LogP contribution < -0.4 is 5.32 Å². The minimum absolute atomic E-state index is 0.229. The lowest BCUT2D eigenvalue weighted by Gasteiger charge is -2.48. The molecule has 0 bridgehead atoms. The van der Waals surface area contributed by atoms with Crippen molar-refractivity contribution in [3.63, 3.8) is 0 Å². The molecular formula is C58H103NO18. The maximum Gasteiger partial charge on any atom is 0.220 e. The van der Waals surface area contributed by atoms with Gasteiger partial charge in [0.25, 0.3) is 0 Å². The number of ether oxygens (including phenoxy) is 6. The van der Waals surface area contributed by atoms with Gasteiger partial charge in [0, 0.05) is 6.42 Å². The molecule has 3 fully saturated rings. The van der Waals surface area contributed by atoms with Crippen LogP contribution in [0.2, 0.25) is 0 Å². The molecule has 448 valence electrons. The van der Waals surface area contributed by atoms with Gasteiger partial charge in [-0.1, -0.05) is 159 Å². The normalized spacial score (nSPS) is 31.1. The summed E-state index contributed by atoms with van der Waals surface area (Å²) in [5, 5.41) is 120. The predicted molar refractivity (Wildman–Crippen MR) is 291 cm³/mol. The number of rotatable bonds is 42. The SMILES string of the molecule is CCC/C=C/CC/C=C/CC/C=C/C(O)C(COC1OC(CO)C(OC2OC(CO)C(OC3OC(CO)C(O)C(O)C3O)C(O)C2O)C(O)C1O)NC(=O)CCCCCCCCCCC/C=C\CCCCCCCCCC. The monoisotopic (exact) mass is 1100 g/mol. The second-order valence-corrected chi connectivity index (χ2v) is 21.1. The molecule has 3 heterocycles. The summed E-state index contributed by atoms with van der Waals surface area (Å²) in [7, 11) is 0. The van der Waals surface area contributed by atoms with Gasteiger partial charge in [0.15, 0.2) is 18.9 Å². The van der Waals surface area contributed by atoms with Gasteiger partial charge in [-0.2, -0.15) is 0 Å². The average molecular weight is 1100 g/mol. The zero-order valence-electron chi connectivity index (χ0n) is 46.4. The zero-order valence-corrected chi connectivity index (χ0v) is 46.4. The van der Waals surface area contributed by atoms with Gasteiger partial charge in [-0.15, -0.1) is 0 Å². The summed E-state index contributed by atoms with van der Waals surface area (Å²) in [5.74, 6) is -0.295. The molecule has 3 aliphatic rings. The summed E-state index contributed by atoms with van der Waals surface area (Å²) in [6.07, 6.45) is 18.3. The third-order valence-electron chi connectivity index (χ3n) is 14.6. The van der Waals surface area contributed by atoms with Crippen molar-refractivity contribution in [3.8, 4) is 0 Å². The third-order valence-corrected chi connectivity index (χ3v) is 14.6. The van der Waals surface area contributed by atoms with Gasteiger partial charge in [-0.3, -0.25) is 4.79 Å². The number of nitrogens with one attached hydrogen (secondary N) is 1. The van der Waals surface area contributed by atoms with E-state index in [0.717, 1.165) is 64.2 Å². The largest absolute Gasteiger partial charge is 0.394 e. The van der Waals surface area contributed by atoms with Crippen molar-refractivity contribution >= 4 is 5.91 Å². The molecule has 0 aromatic carbocycles. The van der Waals surface area contributed by atoms with Crippen molar-refractivity contribution in [1.82, 2.24) is 5.32 Å². The highest BCUT2D eigenvalue weighted by atomic mass is 16.8. The molecule has 0 saturated carbocycles. The third kappa shape index (κ3) is 26.0. The van der Waals surface area contributed by atoms with Gasteiger partial charge < -0.3 is 89.9 Å². The van der Waals surface area contributed by atoms with Crippen LogP contribution in [0.1, 0.15) is 181 Å². The lowest BCUT2D eigenvalue weighted by molar-refractivity contribution is -0.379. The Balaban J connectivity index is 1.49. The highest BCUT2D eigenvalue weighted by Crippen LogP contribution is 2.33. The van der Waals surface area contributed by atoms with Gasteiger partial charge in [0.05, 0.1) is 38.6 Å². The van der Waals surface area contributed by atoms with Crippen LogP contribution in [0.25, 0.3) is 0 Å². The van der Waals surface area contributed by atoms with E-state index in [1.807, 2.05) is 6.08 Å². The smallest absolute Gasteiger partial charge is 0.220 e. The van der Waals surface area contributed by atoms with E-state index in [1.54, 1.807) is 6.08 Å². The first-order valence-electron chi connectivity index (χ1n) is 29.4. The van der Waals surface area contributed by atoms with Crippen LogP contribution >= 0.6 is 0 Å². The van der Waals surface area contributed by atoms with Crippen LogP contribution in [0.15, 0.2) is 48.6 Å². The highest BCUT2D eigenvalue weighted by molar-refractivity contribution is 5.76. The van der Waals surface area contributed by atoms with Crippen molar-refractivity contribution in [1.29, 1.82) is 0 Å². The maximum absolute atomic E-state index is 13.3. The summed E-state index contributed by atoms with van der Waals surface area (Å²) in [6.45, 7) is 1.59. The second kappa shape index (κ2) is 41.7. The van der Waals surface area contributed by atoms with Crippen molar-refractivity contribution in [2.45, 2.75) is 285 Å². The number of hydrogen-bond donors (Lipinski definition) is 12. The molecule has 0 aliphatic carbocycles. The van der Waals surface area contributed by atoms with Gasteiger partial charge in [0.2, 0.25) is 5.91 Å². The fourth-order valence-corrected chi connectivity index (χ4v) is 9.69. The number of aliphatic hydroxyl groups is 11. The predicted octanol–water partition coefficient (Wildman–Crippen LogP) is 4.70. The standard InChI is InChI=1S/C58H103NO18/c1-3-5-7-9-11-13-15-16-17-18-19-20-21-22-23-24-26-28-30-32-34-36-46(64)59-41(42(63)35-33-31-29-27-25-14-12-10-8-6-4-2)40-72-56-52(70)49(67)54(44(38-61)74-56)77-58-53(71)50(68)55(45(39-62)75-58)76-57-51(69)48(66)47(65)43(37-60)73-57/h8,10,18-19,25,27,33,35,41-45,47-58,60-63,65-71H,3-7,9,11-17,20-24,26,28-32,34,36-40H2,1-2H3,(H,59,64)/b10-8+,19-18-,27-25+,35-33+.